The molecule has 4 aromatic rings. The molecule has 0 N–H and O–H groups in total. The van der Waals surface area contributed by atoms with Gasteiger partial charge in [0.2, 0.25) is 0 Å². The van der Waals surface area contributed by atoms with Crippen molar-refractivity contribution in [2.75, 3.05) is 0 Å². The summed E-state index contributed by atoms with van der Waals surface area (Å²) in [5.74, 6) is 0. The van der Waals surface area contributed by atoms with E-state index in [2.05, 4.69) is 11.5 Å². The second kappa shape index (κ2) is 4.10. The Labute approximate surface area is 131 Å². The van der Waals surface area contributed by atoms with Crippen LogP contribution >= 0.6 is 0 Å². The maximum absolute atomic E-state index is 13.1. The van der Waals surface area contributed by atoms with Crippen molar-refractivity contribution >= 4 is 27.5 Å². The molecule has 0 fully saturated rings. The van der Waals surface area contributed by atoms with Gasteiger partial charge >= 0.3 is 0 Å². The number of fused-ring (bicyclic) bond motifs is 4. The second-order valence-electron chi connectivity index (χ2n) is 6.23. The van der Waals surface area contributed by atoms with Gasteiger partial charge in [-0.15, -0.1) is 0 Å². The zero-order chi connectivity index (χ0) is 15.7. The van der Waals surface area contributed by atoms with E-state index in [9.17, 15) is 9.59 Å². The molecule has 4 heteroatoms. The van der Waals surface area contributed by atoms with E-state index in [0.717, 1.165) is 16.7 Å². The third-order valence-corrected chi connectivity index (χ3v) is 4.91. The lowest BCUT2D eigenvalue weighted by atomic mass is 10.1. The second-order valence-corrected chi connectivity index (χ2v) is 6.23. The Morgan fingerprint density at radius 3 is 2.35 bits per heavy atom. The number of aromatic nitrogens is 2. The van der Waals surface area contributed by atoms with Gasteiger partial charge in [0.05, 0.1) is 16.4 Å². The lowest BCUT2D eigenvalue weighted by molar-refractivity contribution is 0.606. The van der Waals surface area contributed by atoms with Crippen molar-refractivity contribution in [2.24, 2.45) is 0 Å². The molecule has 5 rings (SSSR count). The van der Waals surface area contributed by atoms with E-state index in [1.165, 1.54) is 0 Å². The van der Waals surface area contributed by atoms with Crippen LogP contribution in [0.4, 0.5) is 0 Å². The Morgan fingerprint density at radius 2 is 1.57 bits per heavy atom. The van der Waals surface area contributed by atoms with Crippen LogP contribution in [0.25, 0.3) is 27.5 Å². The summed E-state index contributed by atoms with van der Waals surface area (Å²) in [6.45, 7) is 2.10. The highest BCUT2D eigenvalue weighted by molar-refractivity contribution is 5.89. The smallest absolute Gasteiger partial charge is 0.266 e. The standard InChI is InChI=1S/C19H14N2O2/c1-11-10-14-17(22)12-6-2-4-8-15(12)21-18(14)20(11)16-9-5-3-7-13(16)19(21)23/h2-9,11H,10H2,1H3. The minimum atomic E-state index is -0.0570. The Balaban J connectivity index is 2.26. The molecule has 1 aliphatic heterocycles. The molecule has 0 radical (unpaired) electrons. The predicted molar refractivity (Wildman–Crippen MR) is 91.4 cm³/mol. The average Bonchev–Trinajstić information content (AvgIpc) is 2.92. The Bertz CT molecular complexity index is 1250. The van der Waals surface area contributed by atoms with Crippen LogP contribution in [-0.4, -0.2) is 8.97 Å². The van der Waals surface area contributed by atoms with Crippen molar-refractivity contribution in [3.05, 3.63) is 74.7 Å². The summed E-state index contributed by atoms with van der Waals surface area (Å²) in [5.41, 5.74) is 3.09. The van der Waals surface area contributed by atoms with Crippen molar-refractivity contribution in [1.82, 2.24) is 8.97 Å². The fourth-order valence-electron chi connectivity index (χ4n) is 3.95. The molecule has 1 unspecified atom stereocenters. The van der Waals surface area contributed by atoms with Crippen LogP contribution < -0.4 is 11.0 Å². The summed E-state index contributed by atoms with van der Waals surface area (Å²) in [6.07, 6.45) is 0.667. The third-order valence-electron chi connectivity index (χ3n) is 4.91. The van der Waals surface area contributed by atoms with Gasteiger partial charge < -0.3 is 4.57 Å². The summed E-state index contributed by atoms with van der Waals surface area (Å²) < 4.78 is 3.86. The van der Waals surface area contributed by atoms with Gasteiger partial charge in [0.15, 0.2) is 5.43 Å². The van der Waals surface area contributed by atoms with E-state index in [4.69, 9.17) is 0 Å². The van der Waals surface area contributed by atoms with E-state index in [1.807, 2.05) is 48.5 Å². The van der Waals surface area contributed by atoms with Gasteiger partial charge in [0, 0.05) is 23.4 Å². The van der Waals surface area contributed by atoms with E-state index < -0.39 is 0 Å². The fraction of sp³-hybridized carbons (Fsp3) is 0.158. The molecule has 112 valence electrons. The van der Waals surface area contributed by atoms with Crippen molar-refractivity contribution in [1.29, 1.82) is 0 Å². The number of pyridine rings is 1. The van der Waals surface area contributed by atoms with Gasteiger partial charge in [-0.2, -0.15) is 0 Å². The summed E-state index contributed by atoms with van der Waals surface area (Å²) in [4.78, 5) is 26.0. The first-order valence-corrected chi connectivity index (χ1v) is 7.78. The molecule has 0 saturated heterocycles. The van der Waals surface area contributed by atoms with Gasteiger partial charge in [-0.1, -0.05) is 24.3 Å². The summed E-state index contributed by atoms with van der Waals surface area (Å²) in [6, 6.07) is 15.2. The first-order chi connectivity index (χ1) is 11.2. The molecular weight excluding hydrogens is 288 g/mol. The number of rotatable bonds is 0. The van der Waals surface area contributed by atoms with Crippen LogP contribution in [0.1, 0.15) is 18.5 Å². The lowest BCUT2D eigenvalue weighted by Gasteiger charge is -2.15. The van der Waals surface area contributed by atoms with E-state index in [1.54, 1.807) is 4.40 Å². The minimum Gasteiger partial charge on any atom is -0.323 e. The number of nitrogens with zero attached hydrogens (tertiary/aromatic N) is 2. The highest BCUT2D eigenvalue weighted by Gasteiger charge is 2.27. The van der Waals surface area contributed by atoms with Crippen molar-refractivity contribution in [2.45, 2.75) is 19.4 Å². The molecule has 23 heavy (non-hydrogen) atoms. The molecule has 0 spiro atoms. The largest absolute Gasteiger partial charge is 0.323 e. The molecule has 0 aliphatic carbocycles. The normalized spacial score (nSPS) is 16.7. The number of benzene rings is 2. The van der Waals surface area contributed by atoms with Crippen LogP contribution in [0.5, 0.6) is 0 Å². The Kier molecular flexibility index (Phi) is 2.25. The number of para-hydroxylation sites is 2. The Morgan fingerprint density at radius 1 is 0.913 bits per heavy atom. The minimum absolute atomic E-state index is 0.0494. The molecule has 1 atom stereocenters. The van der Waals surface area contributed by atoms with Gasteiger partial charge in [-0.25, -0.2) is 0 Å². The van der Waals surface area contributed by atoms with Crippen molar-refractivity contribution in [3.63, 3.8) is 0 Å². The fourth-order valence-corrected chi connectivity index (χ4v) is 3.95. The highest BCUT2D eigenvalue weighted by atomic mass is 16.1. The number of hydrogen-bond acceptors (Lipinski definition) is 2. The number of hydrogen-bond donors (Lipinski definition) is 0. The highest BCUT2D eigenvalue weighted by Crippen LogP contribution is 2.31. The van der Waals surface area contributed by atoms with Crippen LogP contribution in [0.3, 0.4) is 0 Å². The van der Waals surface area contributed by atoms with Gasteiger partial charge in [0.25, 0.3) is 5.56 Å². The van der Waals surface area contributed by atoms with Gasteiger partial charge in [0.1, 0.15) is 5.65 Å². The van der Waals surface area contributed by atoms with E-state index in [0.29, 0.717) is 22.7 Å². The van der Waals surface area contributed by atoms with Crippen molar-refractivity contribution in [3.8, 4) is 0 Å². The first kappa shape index (κ1) is 12.6. The zero-order valence-electron chi connectivity index (χ0n) is 12.6. The van der Waals surface area contributed by atoms with Gasteiger partial charge in [-0.05, 0) is 31.2 Å². The van der Waals surface area contributed by atoms with E-state index >= 15 is 0 Å². The average molecular weight is 302 g/mol. The molecule has 0 saturated carbocycles. The molecular formula is C19H14N2O2. The van der Waals surface area contributed by atoms with E-state index in [-0.39, 0.29) is 17.0 Å². The van der Waals surface area contributed by atoms with Crippen LogP contribution in [0, 0.1) is 0 Å². The monoisotopic (exact) mass is 302 g/mol. The molecule has 1 aliphatic rings. The molecule has 2 aromatic heterocycles. The molecule has 0 bridgehead atoms. The summed E-state index contributed by atoms with van der Waals surface area (Å²) >= 11 is 0. The zero-order valence-corrected chi connectivity index (χ0v) is 12.6. The summed E-state index contributed by atoms with van der Waals surface area (Å²) in [7, 11) is 0. The maximum atomic E-state index is 13.1. The first-order valence-electron chi connectivity index (χ1n) is 7.78. The molecule has 2 aromatic carbocycles. The van der Waals surface area contributed by atoms with Crippen LogP contribution in [-0.2, 0) is 6.42 Å². The lowest BCUT2D eigenvalue weighted by Crippen LogP contribution is -2.22. The van der Waals surface area contributed by atoms with Gasteiger partial charge in [-0.3, -0.25) is 14.0 Å². The topological polar surface area (TPSA) is 43.5 Å². The quantitative estimate of drug-likeness (QED) is 0.370. The summed E-state index contributed by atoms with van der Waals surface area (Å²) in [5, 5.41) is 1.31. The molecule has 4 nitrogen and oxygen atoms in total. The van der Waals surface area contributed by atoms with Crippen molar-refractivity contribution < 1.29 is 0 Å². The maximum Gasteiger partial charge on any atom is 0.266 e. The van der Waals surface area contributed by atoms with Crippen LogP contribution in [0.15, 0.2) is 58.1 Å². The predicted octanol–water partition coefficient (Wildman–Crippen LogP) is 2.88. The third kappa shape index (κ3) is 1.41. The molecule has 0 amide bonds. The van der Waals surface area contributed by atoms with Crippen LogP contribution in [0.2, 0.25) is 0 Å². The SMILES string of the molecule is CC1Cc2c(=O)c3ccccc3n3c(=O)c4ccccc4n1c23. The Hall–Kier alpha value is -2.88. The molecule has 3 heterocycles.